The molecule has 0 unspecified atom stereocenters. The van der Waals surface area contributed by atoms with Crippen LogP contribution in [0.5, 0.6) is 0 Å². The topological polar surface area (TPSA) is 38.9 Å². The molecule has 0 aliphatic carbocycles. The molecule has 3 aromatic carbocycles. The third kappa shape index (κ3) is 5.57. The van der Waals surface area contributed by atoms with Crippen LogP contribution in [-0.4, -0.2) is 9.97 Å². The van der Waals surface area contributed by atoms with Gasteiger partial charge in [0, 0.05) is 36.6 Å². The van der Waals surface area contributed by atoms with Gasteiger partial charge in [0.1, 0.15) is 5.58 Å². The Hall–Kier alpha value is -3.59. The molecule has 6 rings (SSSR count). The number of fused-ring (bicyclic) bond motifs is 3. The smallest absolute Gasteiger partial charge is 0.123 e. The van der Waals surface area contributed by atoms with Gasteiger partial charge in [-0.2, -0.15) is 0 Å². The van der Waals surface area contributed by atoms with Crippen LogP contribution in [0.1, 0.15) is 22.2 Å². The average Bonchev–Trinajstić information content (AvgIpc) is 3.31. The summed E-state index contributed by atoms with van der Waals surface area (Å²) in [6.45, 7) is 0.0528. The van der Waals surface area contributed by atoms with Crippen molar-refractivity contribution in [2.45, 2.75) is 20.2 Å². The molecule has 6 aromatic rings. The molecule has 0 saturated heterocycles. The fourth-order valence-electron chi connectivity index (χ4n) is 3.76. The zero-order valence-electron chi connectivity index (χ0n) is 22.1. The molecule has 35 heavy (non-hydrogen) atoms. The molecule has 0 N–H and O–H groups in total. The number of pyridine rings is 2. The number of para-hydroxylation sites is 1. The van der Waals surface area contributed by atoms with E-state index >= 15 is 0 Å². The van der Waals surface area contributed by atoms with Gasteiger partial charge in [-0.15, -0.1) is 53.6 Å². The van der Waals surface area contributed by atoms with E-state index in [1.165, 1.54) is 11.8 Å². The predicted molar refractivity (Wildman–Crippen MR) is 138 cm³/mol. The maximum absolute atomic E-state index is 7.23. The van der Waals surface area contributed by atoms with Crippen LogP contribution in [0.4, 0.5) is 0 Å². The van der Waals surface area contributed by atoms with Crippen molar-refractivity contribution >= 4 is 21.9 Å². The van der Waals surface area contributed by atoms with Gasteiger partial charge in [-0.1, -0.05) is 60.3 Å². The average molecular weight is 636 g/mol. The molecule has 0 fully saturated rings. The minimum Gasteiger partial charge on any atom is -0.476 e. The molecule has 3 nitrogen and oxygen atoms in total. The van der Waals surface area contributed by atoms with Gasteiger partial charge in [-0.3, -0.25) is 0 Å². The van der Waals surface area contributed by atoms with Gasteiger partial charge >= 0.3 is 0 Å². The molecular weight excluding hydrogens is 609 g/mol. The second kappa shape index (κ2) is 11.2. The third-order valence-corrected chi connectivity index (χ3v) is 5.57. The minimum absolute atomic E-state index is 0. The van der Waals surface area contributed by atoms with Crippen molar-refractivity contribution in [3.63, 3.8) is 0 Å². The number of aryl methyl sites for hydroxylation is 2. The summed E-state index contributed by atoms with van der Waals surface area (Å²) in [7, 11) is 0. The summed E-state index contributed by atoms with van der Waals surface area (Å²) in [5.74, 6) is 0. The minimum atomic E-state index is -2.09. The molecule has 0 spiro atoms. The molecule has 3 aromatic heterocycles. The number of hydrogen-bond donors (Lipinski definition) is 0. The van der Waals surface area contributed by atoms with E-state index in [4.69, 9.17) is 8.53 Å². The molecule has 0 saturated carbocycles. The van der Waals surface area contributed by atoms with Crippen LogP contribution in [0.2, 0.25) is 0 Å². The number of rotatable bonds is 3. The zero-order valence-corrected chi connectivity index (χ0v) is 21.5. The van der Waals surface area contributed by atoms with Crippen LogP contribution >= 0.6 is 0 Å². The molecule has 0 atom stereocenters. The van der Waals surface area contributed by atoms with Crippen LogP contribution in [-0.2, 0) is 26.5 Å². The van der Waals surface area contributed by atoms with Gasteiger partial charge in [0.2, 0.25) is 0 Å². The second-order valence-electron chi connectivity index (χ2n) is 7.83. The molecule has 0 aliphatic rings. The first-order valence-corrected chi connectivity index (χ1v) is 11.1. The summed E-state index contributed by atoms with van der Waals surface area (Å²) in [6.07, 6.45) is 4.25. The van der Waals surface area contributed by atoms with Crippen LogP contribution in [0.15, 0.2) is 102 Å². The summed E-state index contributed by atoms with van der Waals surface area (Å²) in [4.78, 5) is 8.57. The normalized spacial score (nSPS) is 12.1. The van der Waals surface area contributed by atoms with E-state index in [0.29, 0.717) is 0 Å². The van der Waals surface area contributed by atoms with Crippen molar-refractivity contribution in [2.75, 3.05) is 0 Å². The number of furan rings is 1. The molecule has 0 bridgehead atoms. The van der Waals surface area contributed by atoms with E-state index in [1.54, 1.807) is 18.2 Å². The van der Waals surface area contributed by atoms with Crippen molar-refractivity contribution in [3.05, 3.63) is 121 Å². The van der Waals surface area contributed by atoms with Gasteiger partial charge in [-0.25, -0.2) is 0 Å². The van der Waals surface area contributed by atoms with Crippen LogP contribution in [0.25, 0.3) is 44.5 Å². The zero-order chi connectivity index (χ0) is 25.8. The molecule has 0 aliphatic heterocycles. The number of hydrogen-bond acceptors (Lipinski definition) is 3. The molecule has 3 heterocycles. The van der Waals surface area contributed by atoms with E-state index < -0.39 is 6.85 Å². The Balaban J connectivity index is 0.000000179. The van der Waals surface area contributed by atoms with Crippen molar-refractivity contribution in [2.24, 2.45) is 0 Å². The van der Waals surface area contributed by atoms with E-state index in [1.807, 2.05) is 60.8 Å². The Labute approximate surface area is 223 Å². The maximum Gasteiger partial charge on any atom is 0.123 e. The maximum atomic E-state index is 7.23. The largest absolute Gasteiger partial charge is 0.476 e. The van der Waals surface area contributed by atoms with Crippen molar-refractivity contribution < 1.29 is 28.6 Å². The summed E-state index contributed by atoms with van der Waals surface area (Å²) in [5.41, 5.74) is 6.83. The Morgan fingerprint density at radius 2 is 1.71 bits per heavy atom. The fraction of sp³-hybridized carbons (Fsp3) is 0.0968. The Bertz CT molecular complexity index is 1650. The van der Waals surface area contributed by atoms with Crippen LogP contribution in [0.3, 0.4) is 0 Å². The van der Waals surface area contributed by atoms with E-state index in [0.717, 1.165) is 50.9 Å². The third-order valence-electron chi connectivity index (χ3n) is 5.57. The first-order valence-electron chi connectivity index (χ1n) is 12.6. The Morgan fingerprint density at radius 3 is 2.49 bits per heavy atom. The first kappa shape index (κ1) is 20.8. The van der Waals surface area contributed by atoms with Gasteiger partial charge in [-0.05, 0) is 47.7 Å². The summed E-state index contributed by atoms with van der Waals surface area (Å²) in [6, 6.07) is 33.4. The summed E-state index contributed by atoms with van der Waals surface area (Å²) < 4.78 is 27.6. The van der Waals surface area contributed by atoms with Crippen molar-refractivity contribution in [1.82, 2.24) is 9.97 Å². The molecule has 0 amide bonds. The predicted octanol–water partition coefficient (Wildman–Crippen LogP) is 7.87. The monoisotopic (exact) mass is 636 g/mol. The molecular formula is C31H24IrN2O-2. The fourth-order valence-corrected chi connectivity index (χ4v) is 3.76. The van der Waals surface area contributed by atoms with E-state index in [-0.39, 0.29) is 25.7 Å². The van der Waals surface area contributed by atoms with E-state index in [9.17, 15) is 0 Å². The van der Waals surface area contributed by atoms with Gasteiger partial charge < -0.3 is 14.4 Å². The summed E-state index contributed by atoms with van der Waals surface area (Å²) >= 11 is 0. The van der Waals surface area contributed by atoms with Gasteiger partial charge in [0.25, 0.3) is 0 Å². The SMILES string of the molecule is CCc1ccnc(-c2[c-]cc3c(c2)oc2ccccc23)c1.[2H]C([2H])([2H])c1ccc(-c2[c-]cccc2)nc1.[Ir]. The van der Waals surface area contributed by atoms with Crippen molar-refractivity contribution in [3.8, 4) is 22.5 Å². The second-order valence-corrected chi connectivity index (χ2v) is 7.83. The number of benzene rings is 3. The number of nitrogens with zero attached hydrogens (tertiary/aromatic N) is 2. The first-order chi connectivity index (χ1) is 17.9. The Morgan fingerprint density at radius 1 is 0.829 bits per heavy atom. The van der Waals surface area contributed by atoms with Crippen LogP contribution in [0, 0.1) is 19.0 Å². The van der Waals surface area contributed by atoms with Gasteiger partial charge in [0.05, 0.1) is 5.58 Å². The van der Waals surface area contributed by atoms with Gasteiger partial charge in [0.15, 0.2) is 0 Å². The molecule has 1 radical (unpaired) electrons. The molecule has 175 valence electrons. The standard InChI is InChI=1S/C19H14NO.C12H10N.Ir/c1-2-13-9-10-20-17(11-13)14-7-8-16-15-5-3-4-6-18(15)21-19(16)12-14;1-10-7-8-12(13-9-10)11-5-3-2-4-6-11;/h3-6,8-12H,2H2,1H3;2-5,7-9H,1H3;/q2*-1;/i;1D3;. The molecule has 4 heteroatoms. The number of aromatic nitrogens is 2. The van der Waals surface area contributed by atoms with E-state index in [2.05, 4.69) is 41.2 Å². The summed E-state index contributed by atoms with van der Waals surface area (Å²) in [5, 5.41) is 2.23. The quantitative estimate of drug-likeness (QED) is 0.186. The Kier molecular flexibility index (Phi) is 6.66. The van der Waals surface area contributed by atoms with Crippen molar-refractivity contribution in [1.29, 1.82) is 0 Å². The van der Waals surface area contributed by atoms with Crippen LogP contribution < -0.4 is 0 Å².